The molecule has 0 aliphatic carbocycles. The Bertz CT molecular complexity index is 626. The van der Waals surface area contributed by atoms with Crippen LogP contribution in [0.15, 0.2) is 42.5 Å². The Morgan fingerprint density at radius 1 is 1.25 bits per heavy atom. The highest BCUT2D eigenvalue weighted by Gasteiger charge is 2.08. The Labute approximate surface area is 117 Å². The molecule has 2 aromatic rings. The lowest BCUT2D eigenvalue weighted by Gasteiger charge is -2.10. The SMILES string of the molecule is COc1cccc(CNc2cc([N+](=O)[O-])ccc2C)c1. The number of aryl methyl sites for hydroxylation is 1. The molecule has 0 fully saturated rings. The number of nitro groups is 1. The number of nitrogens with one attached hydrogen (secondary N) is 1. The van der Waals surface area contributed by atoms with Gasteiger partial charge < -0.3 is 10.1 Å². The molecule has 1 N–H and O–H groups in total. The Balaban J connectivity index is 2.13. The Morgan fingerprint density at radius 3 is 2.75 bits per heavy atom. The van der Waals surface area contributed by atoms with Crippen LogP contribution in [-0.2, 0) is 6.54 Å². The fourth-order valence-electron chi connectivity index (χ4n) is 1.89. The molecule has 2 aromatic carbocycles. The minimum Gasteiger partial charge on any atom is -0.497 e. The summed E-state index contributed by atoms with van der Waals surface area (Å²) in [6.45, 7) is 2.50. The first-order valence-electron chi connectivity index (χ1n) is 6.22. The van der Waals surface area contributed by atoms with Crippen LogP contribution in [0, 0.1) is 17.0 Å². The number of rotatable bonds is 5. The van der Waals surface area contributed by atoms with Crippen molar-refractivity contribution in [2.24, 2.45) is 0 Å². The van der Waals surface area contributed by atoms with Gasteiger partial charge >= 0.3 is 0 Å². The van der Waals surface area contributed by atoms with Gasteiger partial charge in [-0.3, -0.25) is 10.1 Å². The highest BCUT2D eigenvalue weighted by molar-refractivity contribution is 5.57. The van der Waals surface area contributed by atoms with Gasteiger partial charge in [0.1, 0.15) is 5.75 Å². The lowest BCUT2D eigenvalue weighted by Crippen LogP contribution is -2.02. The first-order chi connectivity index (χ1) is 9.60. The number of methoxy groups -OCH3 is 1. The first-order valence-corrected chi connectivity index (χ1v) is 6.22. The van der Waals surface area contributed by atoms with E-state index in [1.807, 2.05) is 31.2 Å². The van der Waals surface area contributed by atoms with Gasteiger partial charge in [-0.2, -0.15) is 0 Å². The van der Waals surface area contributed by atoms with E-state index in [-0.39, 0.29) is 5.69 Å². The number of hydrogen-bond acceptors (Lipinski definition) is 4. The maximum atomic E-state index is 10.8. The number of benzene rings is 2. The van der Waals surface area contributed by atoms with Crippen molar-refractivity contribution in [3.63, 3.8) is 0 Å². The molecule has 0 radical (unpaired) electrons. The van der Waals surface area contributed by atoms with Crippen LogP contribution in [-0.4, -0.2) is 12.0 Å². The van der Waals surface area contributed by atoms with E-state index in [9.17, 15) is 10.1 Å². The molecular weight excluding hydrogens is 256 g/mol. The highest BCUT2D eigenvalue weighted by atomic mass is 16.6. The predicted octanol–water partition coefficient (Wildman–Crippen LogP) is 3.52. The van der Waals surface area contributed by atoms with Crippen LogP contribution in [0.3, 0.4) is 0 Å². The lowest BCUT2D eigenvalue weighted by molar-refractivity contribution is -0.384. The summed E-state index contributed by atoms with van der Waals surface area (Å²) in [6.07, 6.45) is 0. The second kappa shape index (κ2) is 6.06. The van der Waals surface area contributed by atoms with Gasteiger partial charge in [0.25, 0.3) is 5.69 Å². The molecular formula is C15H16N2O3. The van der Waals surface area contributed by atoms with Gasteiger partial charge in [-0.1, -0.05) is 18.2 Å². The van der Waals surface area contributed by atoms with Gasteiger partial charge in [0.2, 0.25) is 0 Å². The van der Waals surface area contributed by atoms with E-state index in [1.165, 1.54) is 6.07 Å². The Morgan fingerprint density at radius 2 is 2.05 bits per heavy atom. The van der Waals surface area contributed by atoms with Crippen LogP contribution in [0.25, 0.3) is 0 Å². The third kappa shape index (κ3) is 3.26. The smallest absolute Gasteiger partial charge is 0.271 e. The van der Waals surface area contributed by atoms with Crippen molar-refractivity contribution in [3.8, 4) is 5.75 Å². The van der Waals surface area contributed by atoms with Gasteiger partial charge in [-0.15, -0.1) is 0 Å². The summed E-state index contributed by atoms with van der Waals surface area (Å²) in [7, 11) is 1.62. The number of nitro benzene ring substituents is 1. The van der Waals surface area contributed by atoms with Gasteiger partial charge in [-0.25, -0.2) is 0 Å². The molecule has 0 saturated carbocycles. The number of anilines is 1. The second-order valence-corrected chi connectivity index (χ2v) is 4.46. The molecule has 0 aromatic heterocycles. The van der Waals surface area contributed by atoms with Crippen molar-refractivity contribution >= 4 is 11.4 Å². The minimum absolute atomic E-state index is 0.0868. The summed E-state index contributed by atoms with van der Waals surface area (Å²) in [5, 5.41) is 14.0. The zero-order valence-corrected chi connectivity index (χ0v) is 11.4. The summed E-state index contributed by atoms with van der Waals surface area (Å²) in [6, 6.07) is 12.5. The second-order valence-electron chi connectivity index (χ2n) is 4.46. The number of nitrogens with zero attached hydrogens (tertiary/aromatic N) is 1. The molecule has 5 heteroatoms. The maximum Gasteiger partial charge on any atom is 0.271 e. The van der Waals surface area contributed by atoms with Crippen molar-refractivity contribution in [1.82, 2.24) is 0 Å². The monoisotopic (exact) mass is 272 g/mol. The van der Waals surface area contributed by atoms with Crippen LogP contribution < -0.4 is 10.1 Å². The summed E-state index contributed by atoms with van der Waals surface area (Å²) in [4.78, 5) is 10.4. The van der Waals surface area contributed by atoms with E-state index < -0.39 is 4.92 Å². The van der Waals surface area contributed by atoms with E-state index >= 15 is 0 Å². The summed E-state index contributed by atoms with van der Waals surface area (Å²) < 4.78 is 5.16. The molecule has 0 amide bonds. The topological polar surface area (TPSA) is 64.4 Å². The fourth-order valence-corrected chi connectivity index (χ4v) is 1.89. The molecule has 0 unspecified atom stereocenters. The van der Waals surface area contributed by atoms with E-state index in [4.69, 9.17) is 4.74 Å². The third-order valence-electron chi connectivity index (χ3n) is 3.05. The molecule has 0 saturated heterocycles. The molecule has 0 bridgehead atoms. The largest absolute Gasteiger partial charge is 0.497 e. The van der Waals surface area contributed by atoms with Crippen molar-refractivity contribution < 1.29 is 9.66 Å². The molecule has 0 aliphatic rings. The van der Waals surface area contributed by atoms with Crippen LogP contribution in [0.1, 0.15) is 11.1 Å². The summed E-state index contributed by atoms with van der Waals surface area (Å²) in [5.74, 6) is 0.792. The normalized spacial score (nSPS) is 10.1. The minimum atomic E-state index is -0.393. The van der Waals surface area contributed by atoms with E-state index in [2.05, 4.69) is 5.32 Å². The van der Waals surface area contributed by atoms with E-state index in [0.717, 1.165) is 22.6 Å². The summed E-state index contributed by atoms with van der Waals surface area (Å²) >= 11 is 0. The molecule has 0 aliphatic heterocycles. The lowest BCUT2D eigenvalue weighted by atomic mass is 10.1. The highest BCUT2D eigenvalue weighted by Crippen LogP contribution is 2.23. The van der Waals surface area contributed by atoms with Crippen molar-refractivity contribution in [3.05, 3.63) is 63.7 Å². The average molecular weight is 272 g/mol. The van der Waals surface area contributed by atoms with Crippen molar-refractivity contribution in [2.75, 3.05) is 12.4 Å². The maximum absolute atomic E-state index is 10.8. The molecule has 104 valence electrons. The van der Waals surface area contributed by atoms with Gasteiger partial charge in [0.15, 0.2) is 0 Å². The van der Waals surface area contributed by atoms with Crippen LogP contribution in [0.5, 0.6) is 5.75 Å². The van der Waals surface area contributed by atoms with Gasteiger partial charge in [0.05, 0.1) is 12.0 Å². The standard InChI is InChI=1S/C15H16N2O3/c1-11-6-7-13(17(18)19)9-15(11)16-10-12-4-3-5-14(8-12)20-2/h3-9,16H,10H2,1-2H3. The molecule has 2 rings (SSSR count). The van der Waals surface area contributed by atoms with Crippen LogP contribution >= 0.6 is 0 Å². The summed E-state index contributed by atoms with van der Waals surface area (Å²) in [5.41, 5.74) is 2.87. The third-order valence-corrected chi connectivity index (χ3v) is 3.05. The molecule has 0 atom stereocenters. The quantitative estimate of drug-likeness (QED) is 0.668. The number of non-ortho nitro benzene ring substituents is 1. The van der Waals surface area contributed by atoms with Crippen LogP contribution in [0.2, 0.25) is 0 Å². The zero-order chi connectivity index (χ0) is 14.5. The van der Waals surface area contributed by atoms with Crippen LogP contribution in [0.4, 0.5) is 11.4 Å². The molecule has 0 heterocycles. The van der Waals surface area contributed by atoms with Crippen molar-refractivity contribution in [1.29, 1.82) is 0 Å². The average Bonchev–Trinajstić information content (AvgIpc) is 2.46. The zero-order valence-electron chi connectivity index (χ0n) is 11.4. The van der Waals surface area contributed by atoms with Gasteiger partial charge in [-0.05, 0) is 30.2 Å². The molecule has 0 spiro atoms. The number of ether oxygens (including phenoxy) is 1. The number of hydrogen-bond donors (Lipinski definition) is 1. The first kappa shape index (κ1) is 13.9. The predicted molar refractivity (Wildman–Crippen MR) is 78.2 cm³/mol. The van der Waals surface area contributed by atoms with Crippen molar-refractivity contribution in [2.45, 2.75) is 13.5 Å². The van der Waals surface area contributed by atoms with E-state index in [0.29, 0.717) is 6.54 Å². The Hall–Kier alpha value is -2.56. The Kier molecular flexibility index (Phi) is 4.20. The van der Waals surface area contributed by atoms with Gasteiger partial charge in [0, 0.05) is 24.4 Å². The molecule has 5 nitrogen and oxygen atoms in total. The fraction of sp³-hybridized carbons (Fsp3) is 0.200. The van der Waals surface area contributed by atoms with E-state index in [1.54, 1.807) is 19.2 Å². The molecule has 20 heavy (non-hydrogen) atoms.